The molecule has 0 spiro atoms. The monoisotopic (exact) mass is 417 g/mol. The molecule has 0 unspecified atom stereocenters. The first-order valence-corrected chi connectivity index (χ1v) is 10.3. The summed E-state index contributed by atoms with van der Waals surface area (Å²) in [4.78, 5) is 24.2. The maximum absolute atomic E-state index is 12.3. The van der Waals surface area contributed by atoms with E-state index in [0.717, 1.165) is 17.7 Å². The highest BCUT2D eigenvalue weighted by Gasteiger charge is 2.06. The molecule has 3 rings (SSSR count). The van der Waals surface area contributed by atoms with Crippen LogP contribution in [-0.2, 0) is 11.4 Å². The fourth-order valence-corrected chi connectivity index (χ4v) is 2.87. The number of amides is 2. The van der Waals surface area contributed by atoms with Crippen LogP contribution in [0.5, 0.6) is 5.75 Å². The van der Waals surface area contributed by atoms with Crippen LogP contribution >= 0.6 is 0 Å². The van der Waals surface area contributed by atoms with Crippen LogP contribution in [0.4, 0.5) is 11.4 Å². The van der Waals surface area contributed by atoms with Crippen LogP contribution in [0.1, 0.15) is 29.3 Å². The Morgan fingerprint density at radius 2 is 1.65 bits per heavy atom. The van der Waals surface area contributed by atoms with Crippen molar-refractivity contribution in [1.29, 1.82) is 0 Å². The smallest absolute Gasteiger partial charge is 0.251 e. The molecule has 3 aromatic rings. The van der Waals surface area contributed by atoms with Gasteiger partial charge in [-0.2, -0.15) is 0 Å². The molecule has 3 aromatic carbocycles. The molecule has 31 heavy (non-hydrogen) atoms. The minimum Gasteiger partial charge on any atom is -0.489 e. The molecule has 0 saturated heterocycles. The van der Waals surface area contributed by atoms with E-state index in [1.807, 2.05) is 55.5 Å². The van der Waals surface area contributed by atoms with Crippen molar-refractivity contribution in [3.63, 3.8) is 0 Å². The molecule has 6 heteroatoms. The van der Waals surface area contributed by atoms with Crippen molar-refractivity contribution in [3.05, 3.63) is 90.0 Å². The molecule has 0 radical (unpaired) electrons. The van der Waals surface area contributed by atoms with E-state index in [2.05, 4.69) is 16.0 Å². The SMILES string of the molecule is CCCNC(=O)c1ccc(NCC(=O)Nc2cccc(OCc3ccccc3)c2)cc1. The predicted octanol–water partition coefficient (Wildman–Crippen LogP) is 4.46. The molecule has 160 valence electrons. The van der Waals surface area contributed by atoms with E-state index < -0.39 is 0 Å². The quantitative estimate of drug-likeness (QED) is 0.455. The summed E-state index contributed by atoms with van der Waals surface area (Å²) in [7, 11) is 0. The Balaban J connectivity index is 1.46. The van der Waals surface area contributed by atoms with Gasteiger partial charge in [-0.15, -0.1) is 0 Å². The van der Waals surface area contributed by atoms with Gasteiger partial charge in [-0.05, 0) is 48.4 Å². The van der Waals surface area contributed by atoms with Crippen molar-refractivity contribution < 1.29 is 14.3 Å². The summed E-state index contributed by atoms with van der Waals surface area (Å²) in [5, 5.41) is 8.75. The Morgan fingerprint density at radius 3 is 2.39 bits per heavy atom. The van der Waals surface area contributed by atoms with Crippen molar-refractivity contribution in [1.82, 2.24) is 5.32 Å². The van der Waals surface area contributed by atoms with Crippen LogP contribution in [0.25, 0.3) is 0 Å². The van der Waals surface area contributed by atoms with Crippen LogP contribution in [0.2, 0.25) is 0 Å². The van der Waals surface area contributed by atoms with E-state index in [1.165, 1.54) is 0 Å². The molecule has 3 N–H and O–H groups in total. The fourth-order valence-electron chi connectivity index (χ4n) is 2.87. The van der Waals surface area contributed by atoms with Gasteiger partial charge in [-0.3, -0.25) is 9.59 Å². The Bertz CT molecular complexity index is 988. The van der Waals surface area contributed by atoms with Crippen molar-refractivity contribution in [2.45, 2.75) is 20.0 Å². The minimum absolute atomic E-state index is 0.0968. The van der Waals surface area contributed by atoms with Crippen LogP contribution in [-0.4, -0.2) is 24.9 Å². The highest BCUT2D eigenvalue weighted by Crippen LogP contribution is 2.19. The van der Waals surface area contributed by atoms with Gasteiger partial charge in [-0.25, -0.2) is 0 Å². The molecule has 0 saturated carbocycles. The number of hydrogen-bond acceptors (Lipinski definition) is 4. The fraction of sp³-hybridized carbons (Fsp3) is 0.200. The zero-order chi connectivity index (χ0) is 21.9. The number of carbonyl (C=O) groups excluding carboxylic acids is 2. The first-order chi connectivity index (χ1) is 15.1. The lowest BCUT2D eigenvalue weighted by Crippen LogP contribution is -2.24. The van der Waals surface area contributed by atoms with Crippen molar-refractivity contribution in [2.75, 3.05) is 23.7 Å². The van der Waals surface area contributed by atoms with Gasteiger partial charge < -0.3 is 20.7 Å². The molecular formula is C25H27N3O3. The molecule has 0 atom stereocenters. The summed E-state index contributed by atoms with van der Waals surface area (Å²) in [5.41, 5.74) is 3.10. The number of anilines is 2. The maximum Gasteiger partial charge on any atom is 0.251 e. The minimum atomic E-state index is -0.176. The van der Waals surface area contributed by atoms with Crippen molar-refractivity contribution in [3.8, 4) is 5.75 Å². The Morgan fingerprint density at radius 1 is 0.871 bits per heavy atom. The summed E-state index contributed by atoms with van der Waals surface area (Å²) < 4.78 is 5.80. The Kier molecular flexibility index (Phi) is 8.05. The maximum atomic E-state index is 12.3. The van der Waals surface area contributed by atoms with E-state index >= 15 is 0 Å². The zero-order valence-corrected chi connectivity index (χ0v) is 17.6. The standard InChI is InChI=1S/C25H27N3O3/c1-2-15-26-25(30)20-11-13-21(14-12-20)27-17-24(29)28-22-9-6-10-23(16-22)31-18-19-7-4-3-5-8-19/h3-14,16,27H,2,15,17-18H2,1H3,(H,26,30)(H,28,29). The van der Waals surface area contributed by atoms with Crippen molar-refractivity contribution >= 4 is 23.2 Å². The lowest BCUT2D eigenvalue weighted by molar-refractivity contribution is -0.114. The van der Waals surface area contributed by atoms with Gasteiger partial charge >= 0.3 is 0 Å². The number of carbonyl (C=O) groups is 2. The van der Waals surface area contributed by atoms with E-state index in [4.69, 9.17) is 4.74 Å². The largest absolute Gasteiger partial charge is 0.489 e. The molecule has 2 amide bonds. The number of benzene rings is 3. The van der Waals surface area contributed by atoms with Gasteiger partial charge in [-0.1, -0.05) is 43.3 Å². The lowest BCUT2D eigenvalue weighted by atomic mass is 10.2. The van der Waals surface area contributed by atoms with Gasteiger partial charge in [0.2, 0.25) is 5.91 Å². The third-order valence-corrected chi connectivity index (χ3v) is 4.50. The lowest BCUT2D eigenvalue weighted by Gasteiger charge is -2.11. The average Bonchev–Trinajstić information content (AvgIpc) is 2.81. The second-order valence-electron chi connectivity index (χ2n) is 7.04. The summed E-state index contributed by atoms with van der Waals surface area (Å²) >= 11 is 0. The van der Waals surface area contributed by atoms with E-state index in [0.29, 0.717) is 30.2 Å². The normalized spacial score (nSPS) is 10.2. The summed E-state index contributed by atoms with van der Waals surface area (Å²) in [6.45, 7) is 3.23. The van der Waals surface area contributed by atoms with E-state index in [1.54, 1.807) is 30.3 Å². The molecule has 0 bridgehead atoms. The summed E-state index contributed by atoms with van der Waals surface area (Å²) in [6, 6.07) is 24.3. The van der Waals surface area contributed by atoms with Crippen molar-refractivity contribution in [2.24, 2.45) is 0 Å². The molecule has 0 heterocycles. The number of nitrogens with one attached hydrogen (secondary N) is 3. The molecule has 0 aliphatic rings. The molecule has 0 aromatic heterocycles. The Hall–Kier alpha value is -3.80. The summed E-state index contributed by atoms with van der Waals surface area (Å²) in [5.74, 6) is 0.414. The van der Waals surface area contributed by atoms with Crippen LogP contribution < -0.4 is 20.7 Å². The number of ether oxygens (including phenoxy) is 1. The highest BCUT2D eigenvalue weighted by atomic mass is 16.5. The number of hydrogen-bond donors (Lipinski definition) is 3. The number of rotatable bonds is 10. The van der Waals surface area contributed by atoms with Gasteiger partial charge in [0, 0.05) is 29.5 Å². The first kappa shape index (κ1) is 21.9. The second-order valence-corrected chi connectivity index (χ2v) is 7.04. The van der Waals surface area contributed by atoms with Crippen LogP contribution in [0.3, 0.4) is 0 Å². The Labute approximate surface area is 182 Å². The highest BCUT2D eigenvalue weighted by molar-refractivity contribution is 5.95. The van der Waals surface area contributed by atoms with Gasteiger partial charge in [0.15, 0.2) is 0 Å². The molecular weight excluding hydrogens is 390 g/mol. The van der Waals surface area contributed by atoms with Gasteiger partial charge in [0.25, 0.3) is 5.91 Å². The van der Waals surface area contributed by atoms with Crippen LogP contribution in [0, 0.1) is 0 Å². The molecule has 0 aliphatic heterocycles. The molecule has 0 fully saturated rings. The summed E-state index contributed by atoms with van der Waals surface area (Å²) in [6.07, 6.45) is 0.891. The van der Waals surface area contributed by atoms with E-state index in [-0.39, 0.29) is 18.4 Å². The zero-order valence-electron chi connectivity index (χ0n) is 17.6. The molecule has 6 nitrogen and oxygen atoms in total. The topological polar surface area (TPSA) is 79.5 Å². The third-order valence-electron chi connectivity index (χ3n) is 4.50. The first-order valence-electron chi connectivity index (χ1n) is 10.3. The molecule has 0 aliphatic carbocycles. The second kappa shape index (κ2) is 11.4. The average molecular weight is 418 g/mol. The van der Waals surface area contributed by atoms with Crippen LogP contribution in [0.15, 0.2) is 78.9 Å². The van der Waals surface area contributed by atoms with Gasteiger partial charge in [0.1, 0.15) is 12.4 Å². The third kappa shape index (κ3) is 7.19. The predicted molar refractivity (Wildman–Crippen MR) is 123 cm³/mol. The van der Waals surface area contributed by atoms with E-state index in [9.17, 15) is 9.59 Å². The van der Waals surface area contributed by atoms with Gasteiger partial charge in [0.05, 0.1) is 6.54 Å².